The molecule has 3 heteroatoms. The molecule has 1 saturated carbocycles. The van der Waals surface area contributed by atoms with E-state index in [-0.39, 0.29) is 11.0 Å². The number of nitrogens with one attached hydrogen (secondary N) is 1. The van der Waals surface area contributed by atoms with Crippen LogP contribution in [0.1, 0.15) is 59.9 Å². The molecule has 0 saturated heterocycles. The number of rotatable bonds is 4. The number of hydrogen-bond donors (Lipinski definition) is 1. The van der Waals surface area contributed by atoms with Gasteiger partial charge in [-0.3, -0.25) is 0 Å². The van der Waals surface area contributed by atoms with Crippen LogP contribution in [0.25, 0.3) is 0 Å². The van der Waals surface area contributed by atoms with E-state index >= 15 is 0 Å². The fourth-order valence-electron chi connectivity index (χ4n) is 2.80. The van der Waals surface area contributed by atoms with Crippen molar-refractivity contribution < 1.29 is 4.74 Å². The van der Waals surface area contributed by atoms with Crippen molar-refractivity contribution in [3.05, 3.63) is 23.9 Å². The summed E-state index contributed by atoms with van der Waals surface area (Å²) in [5.41, 5.74) is 1.77. The van der Waals surface area contributed by atoms with Crippen LogP contribution in [0.3, 0.4) is 0 Å². The van der Waals surface area contributed by atoms with Crippen LogP contribution in [-0.4, -0.2) is 22.7 Å². The zero-order valence-corrected chi connectivity index (χ0v) is 14.4. The Morgan fingerprint density at radius 1 is 1.19 bits per heavy atom. The maximum atomic E-state index is 6.00. The van der Waals surface area contributed by atoms with Crippen LogP contribution < -0.4 is 10.1 Å². The Morgan fingerprint density at radius 3 is 2.43 bits per heavy atom. The van der Waals surface area contributed by atoms with Crippen LogP contribution in [0.4, 0.5) is 0 Å². The van der Waals surface area contributed by atoms with Crippen molar-refractivity contribution in [1.82, 2.24) is 10.3 Å². The Bertz CT molecular complexity index is 465. The van der Waals surface area contributed by atoms with Gasteiger partial charge in [-0.2, -0.15) is 0 Å². The molecule has 1 heterocycles. The second-order valence-corrected chi connectivity index (χ2v) is 8.54. The van der Waals surface area contributed by atoms with Gasteiger partial charge >= 0.3 is 0 Å². The van der Waals surface area contributed by atoms with Crippen molar-refractivity contribution in [1.29, 1.82) is 0 Å². The molecule has 1 aliphatic carbocycles. The zero-order chi connectivity index (χ0) is 15.7. The van der Waals surface area contributed by atoms with E-state index in [9.17, 15) is 0 Å². The van der Waals surface area contributed by atoms with Crippen molar-refractivity contribution in [2.24, 2.45) is 5.41 Å². The molecule has 1 aromatic heterocycles. The van der Waals surface area contributed by atoms with E-state index in [0.717, 1.165) is 25.1 Å². The summed E-state index contributed by atoms with van der Waals surface area (Å²) in [5, 5.41) is 3.61. The average Bonchev–Trinajstić information content (AvgIpc) is 2.22. The SMILES string of the molecule is CC(C)(C)Cc1ccnc(OC2CC(NC(C)(C)C)C2)c1. The molecule has 0 aromatic carbocycles. The molecule has 2 rings (SSSR count). The van der Waals surface area contributed by atoms with E-state index in [1.165, 1.54) is 5.56 Å². The number of ether oxygens (including phenoxy) is 1. The third-order valence-corrected chi connectivity index (χ3v) is 3.55. The normalized spacial score (nSPS) is 22.8. The maximum Gasteiger partial charge on any atom is 0.213 e. The summed E-state index contributed by atoms with van der Waals surface area (Å²) < 4.78 is 6.00. The standard InChI is InChI=1S/C18H30N2O/c1-17(2,3)12-13-7-8-19-16(9-13)21-15-10-14(11-15)20-18(4,5)6/h7-9,14-15,20H,10-12H2,1-6H3. The van der Waals surface area contributed by atoms with E-state index in [0.29, 0.717) is 12.1 Å². The van der Waals surface area contributed by atoms with Crippen LogP contribution in [0.2, 0.25) is 0 Å². The highest BCUT2D eigenvalue weighted by molar-refractivity contribution is 5.22. The summed E-state index contributed by atoms with van der Waals surface area (Å²) in [7, 11) is 0. The van der Waals surface area contributed by atoms with Crippen LogP contribution in [0.15, 0.2) is 18.3 Å². The number of nitrogens with zero attached hydrogens (tertiary/aromatic N) is 1. The minimum Gasteiger partial charge on any atom is -0.474 e. The monoisotopic (exact) mass is 290 g/mol. The lowest BCUT2D eigenvalue weighted by atomic mass is 9.87. The molecule has 1 aromatic rings. The minimum absolute atomic E-state index is 0.181. The number of pyridine rings is 1. The molecule has 0 bridgehead atoms. The Hall–Kier alpha value is -1.09. The minimum atomic E-state index is 0.181. The fraction of sp³-hybridized carbons (Fsp3) is 0.722. The topological polar surface area (TPSA) is 34.1 Å². The van der Waals surface area contributed by atoms with Gasteiger partial charge in [-0.25, -0.2) is 4.98 Å². The molecule has 0 radical (unpaired) electrons. The first-order valence-corrected chi connectivity index (χ1v) is 8.00. The summed E-state index contributed by atoms with van der Waals surface area (Å²) in [6.07, 6.45) is 5.36. The van der Waals surface area contributed by atoms with E-state index in [4.69, 9.17) is 4.74 Å². The largest absolute Gasteiger partial charge is 0.474 e. The third-order valence-electron chi connectivity index (χ3n) is 3.55. The molecular weight excluding hydrogens is 260 g/mol. The van der Waals surface area contributed by atoms with Crippen LogP contribution in [0, 0.1) is 5.41 Å². The first-order valence-electron chi connectivity index (χ1n) is 8.00. The fourth-order valence-corrected chi connectivity index (χ4v) is 2.80. The Balaban J connectivity index is 1.84. The van der Waals surface area contributed by atoms with Gasteiger partial charge in [0.05, 0.1) is 0 Å². The Labute approximate surface area is 129 Å². The van der Waals surface area contributed by atoms with Crippen molar-refractivity contribution >= 4 is 0 Å². The summed E-state index contributed by atoms with van der Waals surface area (Å²) in [6, 6.07) is 4.76. The van der Waals surface area contributed by atoms with Gasteiger partial charge < -0.3 is 10.1 Å². The zero-order valence-electron chi connectivity index (χ0n) is 14.4. The van der Waals surface area contributed by atoms with Crippen molar-refractivity contribution in [3.63, 3.8) is 0 Å². The van der Waals surface area contributed by atoms with Gasteiger partial charge in [-0.1, -0.05) is 20.8 Å². The Morgan fingerprint density at radius 2 is 1.86 bits per heavy atom. The highest BCUT2D eigenvalue weighted by Gasteiger charge is 2.33. The first-order chi connectivity index (χ1) is 9.61. The number of hydrogen-bond acceptors (Lipinski definition) is 3. The van der Waals surface area contributed by atoms with Gasteiger partial charge in [-0.05, 0) is 57.1 Å². The van der Waals surface area contributed by atoms with Gasteiger partial charge in [-0.15, -0.1) is 0 Å². The molecular formula is C18H30N2O. The molecule has 0 unspecified atom stereocenters. The van der Waals surface area contributed by atoms with Crippen molar-refractivity contribution in [2.45, 2.75) is 78.5 Å². The van der Waals surface area contributed by atoms with Gasteiger partial charge in [0.2, 0.25) is 5.88 Å². The summed E-state index contributed by atoms with van der Waals surface area (Å²) in [4.78, 5) is 4.35. The molecule has 1 fully saturated rings. The van der Waals surface area contributed by atoms with Gasteiger partial charge in [0.1, 0.15) is 6.10 Å². The van der Waals surface area contributed by atoms with Crippen LogP contribution in [0.5, 0.6) is 5.88 Å². The molecule has 0 amide bonds. The smallest absolute Gasteiger partial charge is 0.213 e. The van der Waals surface area contributed by atoms with Crippen LogP contribution >= 0.6 is 0 Å². The lowest BCUT2D eigenvalue weighted by Crippen LogP contribution is -2.53. The highest BCUT2D eigenvalue weighted by atomic mass is 16.5. The van der Waals surface area contributed by atoms with E-state index in [1.807, 2.05) is 6.20 Å². The predicted molar refractivity (Wildman–Crippen MR) is 87.7 cm³/mol. The molecule has 118 valence electrons. The third kappa shape index (κ3) is 5.66. The summed E-state index contributed by atoms with van der Waals surface area (Å²) >= 11 is 0. The Kier molecular flexibility index (Phi) is 4.62. The van der Waals surface area contributed by atoms with E-state index < -0.39 is 0 Å². The molecule has 1 aliphatic rings. The molecule has 1 N–H and O–H groups in total. The summed E-state index contributed by atoms with van der Waals surface area (Å²) in [5.74, 6) is 0.774. The molecule has 21 heavy (non-hydrogen) atoms. The summed E-state index contributed by atoms with van der Waals surface area (Å²) in [6.45, 7) is 13.4. The maximum absolute atomic E-state index is 6.00. The quantitative estimate of drug-likeness (QED) is 0.911. The molecule has 0 spiro atoms. The van der Waals surface area contributed by atoms with Gasteiger partial charge in [0, 0.05) is 23.8 Å². The first kappa shape index (κ1) is 16.3. The van der Waals surface area contributed by atoms with E-state index in [2.05, 4.69) is 64.0 Å². The molecule has 3 nitrogen and oxygen atoms in total. The molecule has 0 aliphatic heterocycles. The van der Waals surface area contributed by atoms with Gasteiger partial charge in [0.15, 0.2) is 0 Å². The highest BCUT2D eigenvalue weighted by Crippen LogP contribution is 2.28. The van der Waals surface area contributed by atoms with Crippen molar-refractivity contribution in [3.8, 4) is 5.88 Å². The van der Waals surface area contributed by atoms with Gasteiger partial charge in [0.25, 0.3) is 0 Å². The second-order valence-electron chi connectivity index (χ2n) is 8.54. The predicted octanol–water partition coefficient (Wildman–Crippen LogP) is 3.97. The van der Waals surface area contributed by atoms with E-state index in [1.54, 1.807) is 0 Å². The van der Waals surface area contributed by atoms with Crippen molar-refractivity contribution in [2.75, 3.05) is 0 Å². The second kappa shape index (κ2) is 5.96. The average molecular weight is 290 g/mol. The molecule has 0 atom stereocenters. The lowest BCUT2D eigenvalue weighted by molar-refractivity contribution is 0.0693. The number of aromatic nitrogens is 1. The lowest BCUT2D eigenvalue weighted by Gasteiger charge is -2.39. The van der Waals surface area contributed by atoms with Crippen LogP contribution in [-0.2, 0) is 6.42 Å².